The van der Waals surface area contributed by atoms with Crippen LogP contribution >= 0.6 is 11.3 Å². The zero-order valence-corrected chi connectivity index (χ0v) is 17.9. The Morgan fingerprint density at radius 2 is 1.97 bits per heavy atom. The van der Waals surface area contributed by atoms with Crippen LogP contribution < -0.4 is 5.32 Å². The molecule has 0 bridgehead atoms. The van der Waals surface area contributed by atoms with Crippen LogP contribution in [0.5, 0.6) is 0 Å². The molecule has 1 aromatic carbocycles. The molecule has 8 nitrogen and oxygen atoms in total. The van der Waals surface area contributed by atoms with Gasteiger partial charge in [0.15, 0.2) is 5.76 Å². The number of ether oxygens (including phenoxy) is 1. The predicted molar refractivity (Wildman–Crippen MR) is 114 cm³/mol. The van der Waals surface area contributed by atoms with E-state index in [1.807, 2.05) is 0 Å². The van der Waals surface area contributed by atoms with Crippen LogP contribution in [0, 0.1) is 0 Å². The van der Waals surface area contributed by atoms with Crippen LogP contribution in [0.2, 0.25) is 0 Å². The minimum atomic E-state index is -3.95. The van der Waals surface area contributed by atoms with Crippen molar-refractivity contribution in [1.29, 1.82) is 0 Å². The van der Waals surface area contributed by atoms with Gasteiger partial charge in [-0.2, -0.15) is 0 Å². The third-order valence-corrected chi connectivity index (χ3v) is 7.26. The molecule has 0 unspecified atom stereocenters. The number of hydrogen-bond acceptors (Lipinski definition) is 7. The highest BCUT2D eigenvalue weighted by molar-refractivity contribution is 7.89. The Bertz CT molecular complexity index is 1150. The highest BCUT2D eigenvalue weighted by Crippen LogP contribution is 2.34. The van der Waals surface area contributed by atoms with Gasteiger partial charge >= 0.3 is 0 Å². The Kier molecular flexibility index (Phi) is 6.40. The lowest BCUT2D eigenvalue weighted by Crippen LogP contribution is -2.34. The topological polar surface area (TPSA) is 113 Å². The zero-order chi connectivity index (χ0) is 21.9. The number of methoxy groups -OCH3 is 1. The Morgan fingerprint density at radius 1 is 1.23 bits per heavy atom. The summed E-state index contributed by atoms with van der Waals surface area (Å²) >= 11 is 1.18. The van der Waals surface area contributed by atoms with E-state index in [2.05, 4.69) is 5.32 Å². The number of benzene rings is 1. The first kappa shape index (κ1) is 21.8. The maximum atomic E-state index is 12.7. The van der Waals surface area contributed by atoms with Gasteiger partial charge in [-0.15, -0.1) is 11.3 Å². The number of hydrogen-bond donors (Lipinski definition) is 2. The first-order valence-corrected chi connectivity index (χ1v) is 11.1. The number of amides is 1. The fraction of sp³-hybridized carbons (Fsp3) is 0.200. The minimum Gasteiger partial charge on any atom is -0.505 e. The Morgan fingerprint density at radius 3 is 2.70 bits per heavy atom. The summed E-state index contributed by atoms with van der Waals surface area (Å²) in [6.07, 6.45) is 2.64. The number of carbonyl (C=O) groups excluding carboxylic acids is 2. The van der Waals surface area contributed by atoms with Gasteiger partial charge in [-0.1, -0.05) is 12.1 Å². The fourth-order valence-corrected chi connectivity index (χ4v) is 5.09. The van der Waals surface area contributed by atoms with Crippen molar-refractivity contribution in [3.8, 4) is 0 Å². The van der Waals surface area contributed by atoms with E-state index in [9.17, 15) is 23.1 Å². The number of nitrogens with zero attached hydrogens (tertiary/aromatic N) is 1. The van der Waals surface area contributed by atoms with Gasteiger partial charge in [-0.3, -0.25) is 13.9 Å². The molecule has 10 heteroatoms. The molecule has 2 N–H and O–H groups in total. The van der Waals surface area contributed by atoms with Crippen molar-refractivity contribution in [1.82, 2.24) is 9.62 Å². The summed E-state index contributed by atoms with van der Waals surface area (Å²) in [4.78, 5) is 25.8. The van der Waals surface area contributed by atoms with E-state index < -0.39 is 21.6 Å². The number of fused-ring (bicyclic) bond motifs is 1. The van der Waals surface area contributed by atoms with Crippen LogP contribution in [0.3, 0.4) is 0 Å². The van der Waals surface area contributed by atoms with E-state index in [4.69, 9.17) is 4.74 Å². The largest absolute Gasteiger partial charge is 0.505 e. The van der Waals surface area contributed by atoms with Crippen LogP contribution in [0.1, 0.15) is 20.1 Å². The zero-order valence-electron chi connectivity index (χ0n) is 16.3. The summed E-state index contributed by atoms with van der Waals surface area (Å²) < 4.78 is 31.0. The number of aliphatic hydroxyl groups is 1. The number of allylic oxidation sites excluding steroid dienone is 1. The maximum Gasteiger partial charge on any atom is 0.265 e. The summed E-state index contributed by atoms with van der Waals surface area (Å²) in [5.74, 6) is -1.33. The molecule has 2 aromatic rings. The van der Waals surface area contributed by atoms with Crippen molar-refractivity contribution in [2.45, 2.75) is 4.90 Å². The van der Waals surface area contributed by atoms with Gasteiger partial charge in [0.1, 0.15) is 5.70 Å². The van der Waals surface area contributed by atoms with E-state index in [1.165, 1.54) is 49.8 Å². The second-order valence-electron chi connectivity index (χ2n) is 6.31. The third-order valence-electron chi connectivity index (χ3n) is 4.39. The van der Waals surface area contributed by atoms with Gasteiger partial charge in [0, 0.05) is 31.1 Å². The molecule has 0 atom stereocenters. The normalized spacial score (nSPS) is 15.3. The van der Waals surface area contributed by atoms with Crippen LogP contribution in [0.25, 0.3) is 11.8 Å². The Hall–Kier alpha value is -2.95. The Balaban J connectivity index is 1.83. The van der Waals surface area contributed by atoms with Crippen molar-refractivity contribution >= 4 is 44.9 Å². The minimum absolute atomic E-state index is 0.0621. The first-order chi connectivity index (χ1) is 14.3. The molecule has 1 amide bonds. The highest BCUT2D eigenvalue weighted by Gasteiger charge is 2.36. The van der Waals surface area contributed by atoms with Gasteiger partial charge in [0.2, 0.25) is 5.78 Å². The molecule has 0 spiro atoms. The van der Waals surface area contributed by atoms with E-state index in [-0.39, 0.29) is 22.1 Å². The van der Waals surface area contributed by atoms with Gasteiger partial charge in [-0.25, -0.2) is 8.42 Å². The molecular weight excluding hydrogens is 428 g/mol. The van der Waals surface area contributed by atoms with Gasteiger partial charge in [0.25, 0.3) is 15.9 Å². The van der Waals surface area contributed by atoms with Crippen molar-refractivity contribution in [2.24, 2.45) is 0 Å². The number of thiophene rings is 1. The van der Waals surface area contributed by atoms with E-state index in [0.29, 0.717) is 22.9 Å². The fourth-order valence-electron chi connectivity index (χ4n) is 2.86. The lowest BCUT2D eigenvalue weighted by Gasteiger charge is -2.27. The second-order valence-corrected chi connectivity index (χ2v) is 9.37. The first-order valence-electron chi connectivity index (χ1n) is 8.88. The van der Waals surface area contributed by atoms with E-state index in [0.717, 1.165) is 4.31 Å². The standard InChI is InChI=1S/C20H20N2O6S2/c1-22-18(19(24)14-5-3-4-6-17(14)30(22,26)27)15(23)9-7-13-8-10-16(29-13)20(25)21-11-12-28-2/h3-10,24H,11-12H2,1-2H3,(H,21,25)/b9-7+. The molecule has 0 fully saturated rings. The van der Waals surface area contributed by atoms with Crippen molar-refractivity contribution in [3.63, 3.8) is 0 Å². The summed E-state index contributed by atoms with van der Waals surface area (Å²) in [5, 5.41) is 13.2. The summed E-state index contributed by atoms with van der Waals surface area (Å²) in [6, 6.07) is 9.24. The molecule has 0 saturated heterocycles. The van der Waals surface area contributed by atoms with Crippen LogP contribution in [-0.4, -0.2) is 56.8 Å². The number of ketones is 1. The molecule has 3 rings (SSSR count). The second kappa shape index (κ2) is 8.82. The van der Waals surface area contributed by atoms with Gasteiger partial charge < -0.3 is 15.2 Å². The monoisotopic (exact) mass is 448 g/mol. The predicted octanol–water partition coefficient (Wildman–Crippen LogP) is 2.27. The molecule has 1 aromatic heterocycles. The number of carbonyl (C=O) groups is 2. The highest BCUT2D eigenvalue weighted by atomic mass is 32.2. The van der Waals surface area contributed by atoms with Gasteiger partial charge in [0.05, 0.1) is 16.4 Å². The molecule has 158 valence electrons. The van der Waals surface area contributed by atoms with Crippen LogP contribution in [-0.2, 0) is 19.6 Å². The molecule has 0 radical (unpaired) electrons. The van der Waals surface area contributed by atoms with Crippen LogP contribution in [0.15, 0.2) is 53.1 Å². The molecule has 1 aliphatic rings. The SMILES string of the molecule is COCCNC(=O)c1ccc(/C=C/C(=O)C2=C(O)c3ccccc3S(=O)(=O)N2C)s1. The molecule has 1 aliphatic heterocycles. The molecular formula is C20H20N2O6S2. The molecule has 0 aliphatic carbocycles. The van der Waals surface area contributed by atoms with Crippen molar-refractivity contribution in [3.05, 3.63) is 63.5 Å². The lowest BCUT2D eigenvalue weighted by atomic mass is 10.1. The van der Waals surface area contributed by atoms with Gasteiger partial charge in [-0.05, 0) is 36.4 Å². The van der Waals surface area contributed by atoms with E-state index >= 15 is 0 Å². The molecule has 30 heavy (non-hydrogen) atoms. The molecule has 2 heterocycles. The number of aliphatic hydroxyl groups excluding tert-OH is 1. The smallest absolute Gasteiger partial charge is 0.265 e. The average molecular weight is 449 g/mol. The number of nitrogens with one attached hydrogen (secondary N) is 1. The van der Waals surface area contributed by atoms with Crippen molar-refractivity contribution in [2.75, 3.05) is 27.3 Å². The summed E-state index contributed by atoms with van der Waals surface area (Å²) in [6.45, 7) is 0.781. The van der Waals surface area contributed by atoms with Crippen molar-refractivity contribution < 1.29 is 27.9 Å². The molecule has 0 saturated carbocycles. The Labute approximate surface area is 178 Å². The van der Waals surface area contributed by atoms with E-state index in [1.54, 1.807) is 24.3 Å². The number of sulfonamides is 1. The third kappa shape index (κ3) is 4.16. The lowest BCUT2D eigenvalue weighted by molar-refractivity contribution is -0.112. The maximum absolute atomic E-state index is 12.7. The quantitative estimate of drug-likeness (QED) is 0.496. The number of rotatable bonds is 7. The average Bonchev–Trinajstić information content (AvgIpc) is 3.20. The number of likely N-dealkylation sites (N-methyl/N-ethyl adjacent to an activating group) is 1. The van der Waals surface area contributed by atoms with Crippen LogP contribution in [0.4, 0.5) is 0 Å². The summed E-state index contributed by atoms with van der Waals surface area (Å²) in [5.41, 5.74) is -0.252. The summed E-state index contributed by atoms with van der Waals surface area (Å²) in [7, 11) is -1.19.